The van der Waals surface area contributed by atoms with Crippen LogP contribution in [0.15, 0.2) is 18.2 Å². The molecule has 7 nitrogen and oxygen atoms in total. The second kappa shape index (κ2) is 5.69. The molecule has 0 saturated heterocycles. The Morgan fingerprint density at radius 1 is 1.41 bits per heavy atom. The highest BCUT2D eigenvalue weighted by Gasteiger charge is 2.10. The highest BCUT2D eigenvalue weighted by Crippen LogP contribution is 2.25. The first-order valence-corrected chi connectivity index (χ1v) is 4.71. The summed E-state index contributed by atoms with van der Waals surface area (Å²) >= 11 is 0. The Bertz CT molecular complexity index is 433. The van der Waals surface area contributed by atoms with Gasteiger partial charge in [0.25, 0.3) is 5.69 Å². The van der Waals surface area contributed by atoms with Crippen molar-refractivity contribution >= 4 is 17.3 Å². The molecule has 1 aromatic rings. The van der Waals surface area contributed by atoms with Crippen molar-refractivity contribution in [2.24, 2.45) is 0 Å². The van der Waals surface area contributed by atoms with Gasteiger partial charge in [0.05, 0.1) is 25.2 Å². The van der Waals surface area contributed by atoms with Crippen LogP contribution in [0.4, 0.5) is 11.4 Å². The van der Waals surface area contributed by atoms with Gasteiger partial charge in [-0.3, -0.25) is 14.9 Å². The first-order chi connectivity index (χ1) is 8.06. The number of nitro benzene ring substituents is 1. The molecule has 0 spiro atoms. The van der Waals surface area contributed by atoms with E-state index in [1.165, 1.54) is 26.4 Å². The van der Waals surface area contributed by atoms with Crippen molar-refractivity contribution in [3.8, 4) is 5.75 Å². The summed E-state index contributed by atoms with van der Waals surface area (Å²) in [5.74, 6) is -0.123. The van der Waals surface area contributed by atoms with E-state index in [1.54, 1.807) is 6.07 Å². The van der Waals surface area contributed by atoms with Gasteiger partial charge in [0.2, 0.25) is 0 Å². The summed E-state index contributed by atoms with van der Waals surface area (Å²) in [5, 5.41) is 13.4. The number of hydrogen-bond donors (Lipinski definition) is 1. The Kier molecular flexibility index (Phi) is 4.27. The maximum absolute atomic E-state index is 10.9. The fraction of sp³-hybridized carbons (Fsp3) is 0.300. The topological polar surface area (TPSA) is 90.7 Å². The van der Waals surface area contributed by atoms with Crippen molar-refractivity contribution < 1.29 is 19.2 Å². The zero-order chi connectivity index (χ0) is 12.8. The van der Waals surface area contributed by atoms with Crippen LogP contribution in [0.25, 0.3) is 0 Å². The van der Waals surface area contributed by atoms with Crippen LogP contribution < -0.4 is 10.1 Å². The fourth-order valence-corrected chi connectivity index (χ4v) is 1.16. The van der Waals surface area contributed by atoms with Crippen molar-refractivity contribution in [2.45, 2.75) is 0 Å². The fourth-order valence-electron chi connectivity index (χ4n) is 1.16. The van der Waals surface area contributed by atoms with Crippen molar-refractivity contribution in [1.82, 2.24) is 0 Å². The summed E-state index contributed by atoms with van der Waals surface area (Å²) in [4.78, 5) is 21.0. The van der Waals surface area contributed by atoms with Crippen LogP contribution in [0.1, 0.15) is 0 Å². The third-order valence-electron chi connectivity index (χ3n) is 2.00. The van der Waals surface area contributed by atoms with Gasteiger partial charge < -0.3 is 14.8 Å². The van der Waals surface area contributed by atoms with Gasteiger partial charge >= 0.3 is 5.97 Å². The van der Waals surface area contributed by atoms with Gasteiger partial charge in [-0.25, -0.2) is 0 Å². The molecule has 0 heterocycles. The van der Waals surface area contributed by atoms with Gasteiger partial charge in [0.15, 0.2) is 0 Å². The molecule has 0 fully saturated rings. The molecule has 1 rings (SSSR count). The Morgan fingerprint density at radius 2 is 2.12 bits per heavy atom. The molecular weight excluding hydrogens is 228 g/mol. The van der Waals surface area contributed by atoms with Crippen LogP contribution in [-0.4, -0.2) is 31.7 Å². The summed E-state index contributed by atoms with van der Waals surface area (Å²) in [6.07, 6.45) is 0. The van der Waals surface area contributed by atoms with Gasteiger partial charge in [-0.1, -0.05) is 0 Å². The maximum Gasteiger partial charge on any atom is 0.325 e. The normalized spacial score (nSPS) is 9.53. The quantitative estimate of drug-likeness (QED) is 0.472. The Hall–Kier alpha value is -2.31. The average molecular weight is 240 g/mol. The van der Waals surface area contributed by atoms with Gasteiger partial charge in [0, 0.05) is 17.8 Å². The third kappa shape index (κ3) is 3.63. The molecule has 0 aliphatic rings. The molecule has 0 aliphatic heterocycles. The van der Waals surface area contributed by atoms with Crippen LogP contribution in [0.3, 0.4) is 0 Å². The number of nitro groups is 1. The Balaban J connectivity index is 2.87. The standard InChI is InChI=1S/C10H12N2O5/c1-16-9-4-7(11-6-10(13)17-2)3-8(5-9)12(14)15/h3-5,11H,6H2,1-2H3. The molecule has 92 valence electrons. The van der Waals surface area contributed by atoms with E-state index in [9.17, 15) is 14.9 Å². The molecule has 0 atom stereocenters. The first-order valence-electron chi connectivity index (χ1n) is 4.71. The Labute approximate surface area is 97.5 Å². The van der Waals surface area contributed by atoms with Gasteiger partial charge in [0.1, 0.15) is 12.3 Å². The van der Waals surface area contributed by atoms with Crippen LogP contribution in [0.2, 0.25) is 0 Å². The SMILES string of the molecule is COC(=O)CNc1cc(OC)cc([N+](=O)[O-])c1. The first kappa shape index (κ1) is 12.8. The summed E-state index contributed by atoms with van der Waals surface area (Å²) in [5.41, 5.74) is 0.304. The predicted octanol–water partition coefficient (Wildman–Crippen LogP) is 1.19. The number of esters is 1. The molecular formula is C10H12N2O5. The molecule has 1 N–H and O–H groups in total. The summed E-state index contributed by atoms with van der Waals surface area (Å²) in [6, 6.07) is 4.16. The second-order valence-corrected chi connectivity index (χ2v) is 3.11. The largest absolute Gasteiger partial charge is 0.496 e. The zero-order valence-electron chi connectivity index (χ0n) is 9.43. The lowest BCUT2D eigenvalue weighted by Crippen LogP contribution is -2.15. The van der Waals surface area contributed by atoms with E-state index >= 15 is 0 Å². The van der Waals surface area contributed by atoms with Crippen molar-refractivity contribution in [3.05, 3.63) is 28.3 Å². The van der Waals surface area contributed by atoms with Crippen molar-refractivity contribution in [3.63, 3.8) is 0 Å². The molecule has 0 bridgehead atoms. The molecule has 17 heavy (non-hydrogen) atoms. The minimum atomic E-state index is -0.536. The van der Waals surface area contributed by atoms with Crippen LogP contribution in [-0.2, 0) is 9.53 Å². The van der Waals surface area contributed by atoms with E-state index in [1.807, 2.05) is 0 Å². The number of hydrogen-bond acceptors (Lipinski definition) is 6. The number of carbonyl (C=O) groups is 1. The number of rotatable bonds is 5. The van der Waals surface area contributed by atoms with Crippen LogP contribution in [0.5, 0.6) is 5.75 Å². The summed E-state index contributed by atoms with van der Waals surface area (Å²) < 4.78 is 9.36. The van der Waals surface area contributed by atoms with E-state index in [0.717, 1.165) is 0 Å². The molecule has 1 aromatic carbocycles. The minimum absolute atomic E-state index is 0.0686. The van der Waals surface area contributed by atoms with E-state index in [-0.39, 0.29) is 12.2 Å². The minimum Gasteiger partial charge on any atom is -0.496 e. The summed E-state index contributed by atoms with van der Waals surface area (Å²) in [7, 11) is 2.67. The van der Waals surface area contributed by atoms with Crippen molar-refractivity contribution in [1.29, 1.82) is 0 Å². The van der Waals surface area contributed by atoms with E-state index in [4.69, 9.17) is 4.74 Å². The number of nitrogens with one attached hydrogen (secondary N) is 1. The summed E-state index contributed by atoms with van der Waals surface area (Å²) in [6.45, 7) is -0.0686. The number of benzene rings is 1. The van der Waals surface area contributed by atoms with Gasteiger partial charge in [-0.2, -0.15) is 0 Å². The molecule has 7 heteroatoms. The average Bonchev–Trinajstić information content (AvgIpc) is 2.35. The molecule has 0 saturated carbocycles. The molecule has 0 unspecified atom stereocenters. The third-order valence-corrected chi connectivity index (χ3v) is 2.00. The highest BCUT2D eigenvalue weighted by atomic mass is 16.6. The maximum atomic E-state index is 10.9. The number of anilines is 1. The van der Waals surface area contributed by atoms with Gasteiger partial charge in [-0.05, 0) is 0 Å². The van der Waals surface area contributed by atoms with E-state index in [2.05, 4.69) is 10.1 Å². The zero-order valence-corrected chi connectivity index (χ0v) is 9.43. The number of ether oxygens (including phenoxy) is 2. The lowest BCUT2D eigenvalue weighted by molar-refractivity contribution is -0.384. The molecule has 0 aliphatic carbocycles. The number of carbonyl (C=O) groups excluding carboxylic acids is 1. The second-order valence-electron chi connectivity index (χ2n) is 3.11. The van der Waals surface area contributed by atoms with E-state index < -0.39 is 10.9 Å². The monoisotopic (exact) mass is 240 g/mol. The van der Waals surface area contributed by atoms with E-state index in [0.29, 0.717) is 11.4 Å². The van der Waals surface area contributed by atoms with Crippen LogP contribution in [0, 0.1) is 10.1 Å². The van der Waals surface area contributed by atoms with Crippen molar-refractivity contribution in [2.75, 3.05) is 26.1 Å². The number of non-ortho nitro benzene ring substituents is 1. The highest BCUT2D eigenvalue weighted by molar-refractivity contribution is 5.75. The van der Waals surface area contributed by atoms with Crippen LogP contribution >= 0.6 is 0 Å². The molecule has 0 amide bonds. The molecule has 0 aromatic heterocycles. The van der Waals surface area contributed by atoms with Gasteiger partial charge in [-0.15, -0.1) is 0 Å². The lowest BCUT2D eigenvalue weighted by atomic mass is 10.2. The predicted molar refractivity (Wildman–Crippen MR) is 60.2 cm³/mol. The smallest absolute Gasteiger partial charge is 0.325 e. The number of nitrogens with zero attached hydrogens (tertiary/aromatic N) is 1. The Morgan fingerprint density at radius 3 is 2.65 bits per heavy atom. The number of methoxy groups -OCH3 is 2. The molecule has 0 radical (unpaired) electrons. The lowest BCUT2D eigenvalue weighted by Gasteiger charge is -2.07.